The van der Waals surface area contributed by atoms with E-state index in [0.717, 1.165) is 6.42 Å². The lowest BCUT2D eigenvalue weighted by molar-refractivity contribution is -0.143. The summed E-state index contributed by atoms with van der Waals surface area (Å²) in [7, 11) is 0. The molecule has 0 bridgehead atoms. The summed E-state index contributed by atoms with van der Waals surface area (Å²) < 4.78 is 0. The standard InChI is InChI=1S/C19H28N2O3/c1-12-5-13(2)7-16(6-12)9-15(4)20-19(24)21-10-14(3)8-17(11-21)18(22)23/h5-7,14-15,17H,8-11H2,1-4H3,(H,20,24)(H,22,23). The predicted octanol–water partition coefficient (Wildman–Crippen LogP) is 2.99. The molecule has 0 spiro atoms. The van der Waals surface area contributed by atoms with Gasteiger partial charge in [0.15, 0.2) is 0 Å². The van der Waals surface area contributed by atoms with Crippen molar-refractivity contribution in [3.05, 3.63) is 34.9 Å². The highest BCUT2D eigenvalue weighted by Crippen LogP contribution is 2.22. The van der Waals surface area contributed by atoms with Crippen LogP contribution in [-0.2, 0) is 11.2 Å². The Morgan fingerprint density at radius 3 is 2.46 bits per heavy atom. The summed E-state index contributed by atoms with van der Waals surface area (Å²) >= 11 is 0. The second kappa shape index (κ2) is 7.69. The van der Waals surface area contributed by atoms with Crippen LogP contribution < -0.4 is 5.32 Å². The Bertz CT molecular complexity index is 594. The SMILES string of the molecule is Cc1cc(C)cc(CC(C)NC(=O)N2CC(C)CC(C(=O)O)C2)c1. The molecule has 24 heavy (non-hydrogen) atoms. The molecule has 1 aliphatic rings. The monoisotopic (exact) mass is 332 g/mol. The molecule has 2 amide bonds. The van der Waals surface area contributed by atoms with Crippen molar-refractivity contribution < 1.29 is 14.7 Å². The van der Waals surface area contributed by atoms with Crippen LogP contribution >= 0.6 is 0 Å². The average Bonchev–Trinajstić information content (AvgIpc) is 2.45. The van der Waals surface area contributed by atoms with Gasteiger partial charge in [0.2, 0.25) is 0 Å². The number of benzene rings is 1. The fourth-order valence-electron chi connectivity index (χ4n) is 3.59. The Morgan fingerprint density at radius 1 is 1.25 bits per heavy atom. The largest absolute Gasteiger partial charge is 0.481 e. The third-order valence-corrected chi connectivity index (χ3v) is 4.49. The van der Waals surface area contributed by atoms with Crippen LogP contribution in [0.5, 0.6) is 0 Å². The van der Waals surface area contributed by atoms with Gasteiger partial charge in [-0.1, -0.05) is 36.2 Å². The van der Waals surface area contributed by atoms with Gasteiger partial charge in [-0.2, -0.15) is 0 Å². The summed E-state index contributed by atoms with van der Waals surface area (Å²) in [5.74, 6) is -1.07. The Hall–Kier alpha value is -2.04. The molecule has 1 aromatic rings. The maximum absolute atomic E-state index is 12.5. The van der Waals surface area contributed by atoms with E-state index in [4.69, 9.17) is 0 Å². The molecule has 1 saturated heterocycles. The molecule has 132 valence electrons. The van der Waals surface area contributed by atoms with Crippen molar-refractivity contribution in [3.63, 3.8) is 0 Å². The lowest BCUT2D eigenvalue weighted by Crippen LogP contribution is -2.51. The van der Waals surface area contributed by atoms with Crippen molar-refractivity contribution in [1.82, 2.24) is 10.2 Å². The van der Waals surface area contributed by atoms with Crippen molar-refractivity contribution in [2.75, 3.05) is 13.1 Å². The van der Waals surface area contributed by atoms with E-state index in [1.54, 1.807) is 4.90 Å². The number of amides is 2. The first-order valence-corrected chi connectivity index (χ1v) is 8.60. The molecule has 2 N–H and O–H groups in total. The van der Waals surface area contributed by atoms with Crippen LogP contribution in [0.4, 0.5) is 4.79 Å². The molecule has 0 aromatic heterocycles. The summed E-state index contributed by atoms with van der Waals surface area (Å²) in [5, 5.41) is 12.2. The van der Waals surface area contributed by atoms with Gasteiger partial charge in [0.05, 0.1) is 5.92 Å². The number of urea groups is 1. The van der Waals surface area contributed by atoms with Crippen molar-refractivity contribution in [2.45, 2.75) is 46.6 Å². The normalized spacial score (nSPS) is 22.1. The van der Waals surface area contributed by atoms with E-state index in [0.29, 0.717) is 19.5 Å². The lowest BCUT2D eigenvalue weighted by Gasteiger charge is -2.35. The molecule has 0 aliphatic carbocycles. The maximum Gasteiger partial charge on any atom is 0.317 e. The van der Waals surface area contributed by atoms with Crippen LogP contribution in [0.2, 0.25) is 0 Å². The second-order valence-electron chi connectivity index (χ2n) is 7.33. The number of likely N-dealkylation sites (tertiary alicyclic amines) is 1. The number of hydrogen-bond donors (Lipinski definition) is 2. The molecule has 2 rings (SSSR count). The van der Waals surface area contributed by atoms with Crippen molar-refractivity contribution in [1.29, 1.82) is 0 Å². The molecule has 1 aliphatic heterocycles. The van der Waals surface area contributed by atoms with E-state index in [1.807, 2.05) is 13.8 Å². The van der Waals surface area contributed by atoms with Gasteiger partial charge in [0, 0.05) is 19.1 Å². The summed E-state index contributed by atoms with van der Waals surface area (Å²) in [4.78, 5) is 25.3. The molecule has 5 heteroatoms. The van der Waals surface area contributed by atoms with Gasteiger partial charge in [-0.05, 0) is 45.1 Å². The van der Waals surface area contributed by atoms with Gasteiger partial charge in [-0.25, -0.2) is 4.79 Å². The number of nitrogens with one attached hydrogen (secondary N) is 1. The van der Waals surface area contributed by atoms with E-state index in [-0.39, 0.29) is 18.0 Å². The summed E-state index contributed by atoms with van der Waals surface area (Å²) in [5.41, 5.74) is 3.64. The highest BCUT2D eigenvalue weighted by Gasteiger charge is 2.32. The third kappa shape index (κ3) is 4.98. The number of carboxylic acid groups (broad SMARTS) is 1. The molecule has 1 heterocycles. The Balaban J connectivity index is 1.94. The number of carboxylic acids is 1. The van der Waals surface area contributed by atoms with Crippen molar-refractivity contribution in [3.8, 4) is 0 Å². The minimum Gasteiger partial charge on any atom is -0.481 e. The smallest absolute Gasteiger partial charge is 0.317 e. The Labute approximate surface area is 144 Å². The highest BCUT2D eigenvalue weighted by atomic mass is 16.4. The van der Waals surface area contributed by atoms with E-state index in [2.05, 4.69) is 37.4 Å². The van der Waals surface area contributed by atoms with E-state index in [9.17, 15) is 14.7 Å². The van der Waals surface area contributed by atoms with Crippen LogP contribution in [-0.4, -0.2) is 41.1 Å². The molecular weight excluding hydrogens is 304 g/mol. The fraction of sp³-hybridized carbons (Fsp3) is 0.579. The molecule has 0 radical (unpaired) electrons. The summed E-state index contributed by atoms with van der Waals surface area (Å²) in [6.07, 6.45) is 1.40. The van der Waals surface area contributed by atoms with Crippen molar-refractivity contribution >= 4 is 12.0 Å². The first-order chi connectivity index (χ1) is 11.2. The number of piperidine rings is 1. The predicted molar refractivity (Wildman–Crippen MR) is 94.1 cm³/mol. The van der Waals surface area contributed by atoms with Gasteiger partial charge in [0.25, 0.3) is 0 Å². The highest BCUT2D eigenvalue weighted by molar-refractivity contribution is 5.76. The fourth-order valence-corrected chi connectivity index (χ4v) is 3.59. The van der Waals surface area contributed by atoms with Crippen LogP contribution in [0.1, 0.15) is 37.0 Å². The maximum atomic E-state index is 12.5. The average molecular weight is 332 g/mol. The summed E-state index contributed by atoms with van der Waals surface area (Å²) in [6.45, 7) is 9.03. The van der Waals surface area contributed by atoms with Crippen molar-refractivity contribution in [2.24, 2.45) is 11.8 Å². The van der Waals surface area contributed by atoms with E-state index < -0.39 is 11.9 Å². The molecular formula is C19H28N2O3. The third-order valence-electron chi connectivity index (χ3n) is 4.49. The van der Waals surface area contributed by atoms with E-state index >= 15 is 0 Å². The topological polar surface area (TPSA) is 69.6 Å². The minimum absolute atomic E-state index is 0.000731. The van der Waals surface area contributed by atoms with Gasteiger partial charge < -0.3 is 15.3 Å². The van der Waals surface area contributed by atoms with Gasteiger partial charge in [-0.15, -0.1) is 0 Å². The zero-order valence-corrected chi connectivity index (χ0v) is 15.0. The first-order valence-electron chi connectivity index (χ1n) is 8.60. The van der Waals surface area contributed by atoms with Gasteiger partial charge in [0.1, 0.15) is 0 Å². The minimum atomic E-state index is -0.817. The number of hydrogen-bond acceptors (Lipinski definition) is 2. The zero-order chi connectivity index (χ0) is 17.9. The van der Waals surface area contributed by atoms with Crippen LogP contribution in [0.3, 0.4) is 0 Å². The quantitative estimate of drug-likeness (QED) is 0.890. The number of rotatable bonds is 4. The van der Waals surface area contributed by atoms with Gasteiger partial charge >= 0.3 is 12.0 Å². The molecule has 0 saturated carbocycles. The molecule has 3 unspecified atom stereocenters. The Morgan fingerprint density at radius 2 is 1.88 bits per heavy atom. The van der Waals surface area contributed by atoms with Gasteiger partial charge in [-0.3, -0.25) is 4.79 Å². The number of aryl methyl sites for hydroxylation is 2. The lowest BCUT2D eigenvalue weighted by atomic mass is 9.91. The molecule has 1 fully saturated rings. The summed E-state index contributed by atoms with van der Waals surface area (Å²) in [6, 6.07) is 6.25. The van der Waals surface area contributed by atoms with Crippen LogP contribution in [0, 0.1) is 25.7 Å². The Kier molecular flexibility index (Phi) is 5.86. The number of nitrogens with zero attached hydrogens (tertiary/aromatic N) is 1. The number of carbonyl (C=O) groups is 2. The molecule has 5 nitrogen and oxygen atoms in total. The molecule has 1 aromatic carbocycles. The number of carbonyl (C=O) groups excluding carboxylic acids is 1. The zero-order valence-electron chi connectivity index (χ0n) is 15.0. The first kappa shape index (κ1) is 18.3. The number of aliphatic carboxylic acids is 1. The second-order valence-corrected chi connectivity index (χ2v) is 7.33. The van der Waals surface area contributed by atoms with Crippen LogP contribution in [0.25, 0.3) is 0 Å². The van der Waals surface area contributed by atoms with Crippen LogP contribution in [0.15, 0.2) is 18.2 Å². The van der Waals surface area contributed by atoms with E-state index in [1.165, 1.54) is 16.7 Å². The molecule has 3 atom stereocenters.